The van der Waals surface area contributed by atoms with E-state index in [1.807, 2.05) is 29.3 Å². The highest BCUT2D eigenvalue weighted by molar-refractivity contribution is 6.35. The number of carbonyl (C=O) groups is 1. The van der Waals surface area contributed by atoms with Crippen LogP contribution in [0.3, 0.4) is 0 Å². The molecule has 1 saturated heterocycles. The molecule has 7 nitrogen and oxygen atoms in total. The van der Waals surface area contributed by atoms with E-state index in [-0.39, 0.29) is 11.9 Å². The van der Waals surface area contributed by atoms with Crippen LogP contribution in [0.5, 0.6) is 5.75 Å². The Labute approximate surface area is 195 Å². The fourth-order valence-electron chi connectivity index (χ4n) is 5.07. The lowest BCUT2D eigenvalue weighted by molar-refractivity contribution is -0.127. The lowest BCUT2D eigenvalue weighted by Crippen LogP contribution is -2.58. The van der Waals surface area contributed by atoms with Gasteiger partial charge in [-0.1, -0.05) is 24.2 Å². The number of rotatable bonds is 2. The quantitative estimate of drug-likeness (QED) is 0.451. The van der Waals surface area contributed by atoms with Gasteiger partial charge in [-0.25, -0.2) is 0 Å². The highest BCUT2D eigenvalue weighted by Crippen LogP contribution is 2.44. The predicted octanol–water partition coefficient (Wildman–Crippen LogP) is 4.34. The molecule has 2 aromatic carbocycles. The summed E-state index contributed by atoms with van der Waals surface area (Å²) in [6, 6.07) is 8.20. The van der Waals surface area contributed by atoms with Crippen LogP contribution in [0.15, 0.2) is 49.3 Å². The number of H-pyrrole nitrogens is 1. The van der Waals surface area contributed by atoms with Gasteiger partial charge in [0.2, 0.25) is 5.91 Å². The van der Waals surface area contributed by atoms with Gasteiger partial charge in [0.25, 0.3) is 0 Å². The third-order valence-corrected chi connectivity index (χ3v) is 7.00. The monoisotopic (exact) mass is 459 g/mol. The van der Waals surface area contributed by atoms with E-state index in [2.05, 4.69) is 34.7 Å². The molecule has 1 unspecified atom stereocenters. The molecule has 33 heavy (non-hydrogen) atoms. The van der Waals surface area contributed by atoms with Crippen LogP contribution in [0.2, 0.25) is 5.02 Å². The summed E-state index contributed by atoms with van der Waals surface area (Å²) >= 11 is 6.90. The van der Waals surface area contributed by atoms with Crippen LogP contribution in [-0.4, -0.2) is 58.3 Å². The van der Waals surface area contributed by atoms with Crippen molar-refractivity contribution in [2.24, 2.45) is 0 Å². The van der Waals surface area contributed by atoms with Crippen molar-refractivity contribution in [3.8, 4) is 16.9 Å². The first-order valence-electron chi connectivity index (χ1n) is 10.9. The summed E-state index contributed by atoms with van der Waals surface area (Å²) < 4.78 is 6.06. The zero-order valence-electron chi connectivity index (χ0n) is 18.1. The van der Waals surface area contributed by atoms with Crippen molar-refractivity contribution in [3.63, 3.8) is 0 Å². The molecule has 0 bridgehead atoms. The number of aryl methyl sites for hydroxylation is 1. The summed E-state index contributed by atoms with van der Waals surface area (Å²) in [6.45, 7) is 8.15. The second-order valence-corrected chi connectivity index (χ2v) is 8.96. The average molecular weight is 460 g/mol. The first-order chi connectivity index (χ1) is 16.0. The second kappa shape index (κ2) is 7.49. The number of carbonyl (C=O) groups excluding carboxylic acids is 1. The van der Waals surface area contributed by atoms with Gasteiger partial charge in [0, 0.05) is 41.0 Å². The second-order valence-electron chi connectivity index (χ2n) is 8.56. The van der Waals surface area contributed by atoms with Crippen molar-refractivity contribution in [1.29, 1.82) is 0 Å². The Kier molecular flexibility index (Phi) is 4.55. The van der Waals surface area contributed by atoms with E-state index in [9.17, 15) is 4.79 Å². The van der Waals surface area contributed by atoms with Gasteiger partial charge >= 0.3 is 0 Å². The van der Waals surface area contributed by atoms with Gasteiger partial charge in [-0.15, -0.1) is 0 Å². The largest absolute Gasteiger partial charge is 0.488 e. The van der Waals surface area contributed by atoms with Crippen molar-refractivity contribution >= 4 is 45.0 Å². The lowest BCUT2D eigenvalue weighted by Gasteiger charge is -2.45. The zero-order chi connectivity index (χ0) is 22.7. The Hall–Kier alpha value is -3.58. The molecular formula is C25H22ClN5O2. The Balaban J connectivity index is 1.48. The van der Waals surface area contributed by atoms with Gasteiger partial charge in [0.15, 0.2) is 5.75 Å². The fourth-order valence-corrected chi connectivity index (χ4v) is 5.32. The molecule has 2 aliphatic rings. The molecule has 4 heterocycles. The molecule has 0 radical (unpaired) electrons. The number of nitrogens with one attached hydrogen (secondary N) is 1. The van der Waals surface area contributed by atoms with Gasteiger partial charge in [-0.05, 0) is 42.3 Å². The van der Waals surface area contributed by atoms with Gasteiger partial charge in [-0.3, -0.25) is 14.9 Å². The van der Waals surface area contributed by atoms with Gasteiger partial charge < -0.3 is 14.5 Å². The number of pyridine rings is 1. The van der Waals surface area contributed by atoms with Crippen LogP contribution in [0.25, 0.3) is 32.9 Å². The SMILES string of the molecule is C=CC(=O)N1CCN2c3c(cnc4cc(-c5c(C)ccc6[nH]ncc56)c(Cl)cc34)OCC2C1. The van der Waals surface area contributed by atoms with E-state index < -0.39 is 0 Å². The van der Waals surface area contributed by atoms with E-state index in [0.29, 0.717) is 31.3 Å². The van der Waals surface area contributed by atoms with Gasteiger partial charge in [-0.2, -0.15) is 5.10 Å². The summed E-state index contributed by atoms with van der Waals surface area (Å²) in [7, 11) is 0. The molecule has 1 amide bonds. The minimum Gasteiger partial charge on any atom is -0.488 e. The van der Waals surface area contributed by atoms with Crippen LogP contribution in [0.1, 0.15) is 5.56 Å². The van der Waals surface area contributed by atoms with Crippen molar-refractivity contribution in [1.82, 2.24) is 20.1 Å². The summed E-state index contributed by atoms with van der Waals surface area (Å²) in [5.41, 5.74) is 5.91. The van der Waals surface area contributed by atoms with Crippen LogP contribution < -0.4 is 9.64 Å². The number of ether oxygens (including phenoxy) is 1. The van der Waals surface area contributed by atoms with E-state index in [4.69, 9.17) is 21.3 Å². The molecule has 0 saturated carbocycles. The molecule has 4 aromatic rings. The molecular weight excluding hydrogens is 438 g/mol. The number of hydrogen-bond acceptors (Lipinski definition) is 5. The number of aromatic nitrogens is 3. The maximum Gasteiger partial charge on any atom is 0.246 e. The minimum atomic E-state index is -0.0449. The van der Waals surface area contributed by atoms with Gasteiger partial charge in [0.05, 0.1) is 35.2 Å². The average Bonchev–Trinajstić information content (AvgIpc) is 3.31. The van der Waals surface area contributed by atoms with E-state index in [1.54, 1.807) is 6.20 Å². The number of aromatic amines is 1. The smallest absolute Gasteiger partial charge is 0.246 e. The molecule has 6 rings (SSSR count). The fraction of sp³-hybridized carbons (Fsp3) is 0.240. The zero-order valence-corrected chi connectivity index (χ0v) is 18.9. The summed E-state index contributed by atoms with van der Waals surface area (Å²) in [5.74, 6) is 0.704. The molecule has 2 aliphatic heterocycles. The van der Waals surface area contributed by atoms with Crippen LogP contribution in [-0.2, 0) is 4.79 Å². The Morgan fingerprint density at radius 2 is 2.15 bits per heavy atom. The number of amides is 1. The maximum absolute atomic E-state index is 12.1. The Morgan fingerprint density at radius 3 is 3.00 bits per heavy atom. The number of halogens is 1. The number of anilines is 1. The molecule has 1 atom stereocenters. The molecule has 166 valence electrons. The summed E-state index contributed by atoms with van der Waals surface area (Å²) in [5, 5.41) is 9.87. The van der Waals surface area contributed by atoms with Crippen molar-refractivity contribution in [2.45, 2.75) is 13.0 Å². The van der Waals surface area contributed by atoms with Crippen LogP contribution in [0, 0.1) is 6.92 Å². The van der Waals surface area contributed by atoms with Crippen molar-refractivity contribution < 1.29 is 9.53 Å². The minimum absolute atomic E-state index is 0.0449. The van der Waals surface area contributed by atoms with Crippen LogP contribution in [0.4, 0.5) is 5.69 Å². The lowest BCUT2D eigenvalue weighted by atomic mass is 9.95. The number of benzene rings is 2. The number of nitrogens with zero attached hydrogens (tertiary/aromatic N) is 4. The normalized spacial score (nSPS) is 17.6. The van der Waals surface area contributed by atoms with Crippen molar-refractivity contribution in [2.75, 3.05) is 31.1 Å². The number of hydrogen-bond donors (Lipinski definition) is 1. The first kappa shape index (κ1) is 20.1. The van der Waals surface area contributed by atoms with Crippen LogP contribution >= 0.6 is 11.6 Å². The predicted molar refractivity (Wildman–Crippen MR) is 130 cm³/mol. The summed E-state index contributed by atoms with van der Waals surface area (Å²) in [4.78, 5) is 21.0. The molecule has 2 aromatic heterocycles. The standard InChI is InChI=1S/C25H22ClN5O2/c1-3-23(32)30-6-7-31-15(12-30)13-33-22-11-27-21-9-16(19(26)8-17(21)25(22)31)24-14(2)4-5-20-18(24)10-28-29-20/h3-5,8-11,15H,1,6-7,12-13H2,2H3,(H,28,29). The summed E-state index contributed by atoms with van der Waals surface area (Å²) in [6.07, 6.45) is 5.00. The molecule has 1 fully saturated rings. The number of fused-ring (bicyclic) bond motifs is 6. The third kappa shape index (κ3) is 3.07. The first-order valence-corrected chi connectivity index (χ1v) is 11.3. The highest BCUT2D eigenvalue weighted by Gasteiger charge is 2.35. The topological polar surface area (TPSA) is 74.4 Å². The van der Waals surface area contributed by atoms with Gasteiger partial charge in [0.1, 0.15) is 6.61 Å². The third-order valence-electron chi connectivity index (χ3n) is 6.68. The Bertz CT molecular complexity index is 1450. The van der Waals surface area contributed by atoms with E-state index >= 15 is 0 Å². The number of piperazine rings is 1. The highest BCUT2D eigenvalue weighted by atomic mass is 35.5. The van der Waals surface area contributed by atoms with E-state index in [0.717, 1.165) is 49.9 Å². The molecule has 8 heteroatoms. The Morgan fingerprint density at radius 1 is 1.27 bits per heavy atom. The maximum atomic E-state index is 12.1. The molecule has 1 N–H and O–H groups in total. The van der Waals surface area contributed by atoms with E-state index in [1.165, 1.54) is 6.08 Å². The van der Waals surface area contributed by atoms with Crippen molar-refractivity contribution in [3.05, 3.63) is 59.9 Å². The molecule has 0 spiro atoms. The molecule has 0 aliphatic carbocycles.